The summed E-state index contributed by atoms with van der Waals surface area (Å²) in [5, 5.41) is 7.23. The molecule has 206 valence electrons. The van der Waals surface area contributed by atoms with Crippen molar-refractivity contribution in [2.24, 2.45) is 11.8 Å². The summed E-state index contributed by atoms with van der Waals surface area (Å²) >= 11 is 5.74. The maximum Gasteiger partial charge on any atom is 0.232 e. The number of benzene rings is 1. The van der Waals surface area contributed by atoms with Crippen molar-refractivity contribution in [1.82, 2.24) is 15.3 Å². The number of thiocarbonyl (C=S) groups is 1. The molecule has 7 nitrogen and oxygen atoms in total. The Kier molecular flexibility index (Phi) is 8.63. The summed E-state index contributed by atoms with van der Waals surface area (Å²) in [5.74, 6) is 3.52. The molecule has 5 rings (SSSR count). The molecule has 2 aromatic rings. The zero-order valence-electron chi connectivity index (χ0n) is 22.7. The van der Waals surface area contributed by atoms with Crippen LogP contribution in [0.25, 0.3) is 0 Å². The zero-order valence-corrected chi connectivity index (χ0v) is 23.5. The standard InChI is InChI=1S/C29H41FN6OS/c1-21-16-22(2)19-36(18-21)26-17-25(35-12-4-3-5-13-35)32-27(33-26)34-28(38)31-20-29(10-14-37-15-11-29)23-6-8-24(30)9-7-23/h6-9,17,21-22H,3-5,10-16,18-20H2,1-2H3,(H2,31,32,33,34,38)/t21-,22-/m0/s1. The fourth-order valence-corrected chi connectivity index (χ4v) is 6.47. The molecule has 0 unspecified atom stereocenters. The first-order valence-corrected chi connectivity index (χ1v) is 14.6. The highest BCUT2D eigenvalue weighted by Gasteiger charge is 2.34. The number of ether oxygens (including phenoxy) is 1. The zero-order chi connectivity index (χ0) is 26.5. The summed E-state index contributed by atoms with van der Waals surface area (Å²) in [6, 6.07) is 9.00. The van der Waals surface area contributed by atoms with E-state index in [2.05, 4.69) is 40.3 Å². The van der Waals surface area contributed by atoms with Crippen LogP contribution in [0.5, 0.6) is 0 Å². The quantitative estimate of drug-likeness (QED) is 0.490. The second kappa shape index (κ2) is 12.1. The number of hydrogen-bond donors (Lipinski definition) is 2. The lowest BCUT2D eigenvalue weighted by Gasteiger charge is -2.38. The van der Waals surface area contributed by atoms with Gasteiger partial charge in [0.25, 0.3) is 0 Å². The Hall–Kier alpha value is -2.52. The van der Waals surface area contributed by atoms with Crippen molar-refractivity contribution >= 4 is 34.9 Å². The Balaban J connectivity index is 1.33. The molecule has 3 saturated heterocycles. The Morgan fingerprint density at radius 2 is 1.63 bits per heavy atom. The van der Waals surface area contributed by atoms with E-state index >= 15 is 0 Å². The molecule has 0 radical (unpaired) electrons. The van der Waals surface area contributed by atoms with Crippen molar-refractivity contribution in [2.45, 2.75) is 57.8 Å². The molecule has 2 atom stereocenters. The number of anilines is 3. The highest BCUT2D eigenvalue weighted by Crippen LogP contribution is 2.34. The van der Waals surface area contributed by atoms with Gasteiger partial charge in [0.05, 0.1) is 0 Å². The number of halogens is 1. The predicted molar refractivity (Wildman–Crippen MR) is 156 cm³/mol. The van der Waals surface area contributed by atoms with Crippen LogP contribution in [-0.2, 0) is 10.2 Å². The summed E-state index contributed by atoms with van der Waals surface area (Å²) in [5.41, 5.74) is 0.941. The van der Waals surface area contributed by atoms with Gasteiger partial charge in [0.2, 0.25) is 5.95 Å². The summed E-state index contributed by atoms with van der Waals surface area (Å²) in [6.07, 6.45) is 6.61. The fourth-order valence-electron chi connectivity index (χ4n) is 6.30. The SMILES string of the molecule is C[C@H]1C[C@H](C)CN(c2cc(N3CCCCC3)nc(NC(=S)NCC3(c4ccc(F)cc4)CCOCC3)n2)C1. The third-order valence-electron chi connectivity index (χ3n) is 8.29. The second-order valence-electron chi connectivity index (χ2n) is 11.5. The molecule has 3 fully saturated rings. The van der Waals surface area contributed by atoms with Crippen LogP contribution >= 0.6 is 12.2 Å². The normalized spacial score (nSPS) is 23.7. The van der Waals surface area contributed by atoms with Crippen LogP contribution in [0.2, 0.25) is 0 Å². The van der Waals surface area contributed by atoms with Crippen LogP contribution in [-0.4, -0.2) is 61.0 Å². The minimum absolute atomic E-state index is 0.167. The monoisotopic (exact) mass is 540 g/mol. The number of hydrogen-bond acceptors (Lipinski definition) is 6. The molecule has 3 aliphatic rings. The van der Waals surface area contributed by atoms with E-state index in [1.54, 1.807) is 0 Å². The highest BCUT2D eigenvalue weighted by molar-refractivity contribution is 7.80. The van der Waals surface area contributed by atoms with Crippen molar-refractivity contribution < 1.29 is 9.13 Å². The van der Waals surface area contributed by atoms with E-state index in [1.807, 2.05) is 12.1 Å². The van der Waals surface area contributed by atoms with Crippen LogP contribution in [0.4, 0.5) is 22.0 Å². The topological polar surface area (TPSA) is 65.5 Å². The van der Waals surface area contributed by atoms with Crippen molar-refractivity contribution in [1.29, 1.82) is 0 Å². The van der Waals surface area contributed by atoms with Crippen LogP contribution < -0.4 is 20.4 Å². The third kappa shape index (κ3) is 6.54. The Morgan fingerprint density at radius 1 is 1.00 bits per heavy atom. The summed E-state index contributed by atoms with van der Waals surface area (Å²) in [7, 11) is 0. The lowest BCUT2D eigenvalue weighted by molar-refractivity contribution is 0.0515. The van der Waals surface area contributed by atoms with E-state index in [0.717, 1.165) is 56.2 Å². The van der Waals surface area contributed by atoms with Crippen LogP contribution in [0, 0.1) is 17.7 Å². The maximum atomic E-state index is 13.6. The van der Waals surface area contributed by atoms with Gasteiger partial charge >= 0.3 is 0 Å². The molecular formula is C29H41FN6OS. The van der Waals surface area contributed by atoms with Crippen LogP contribution in [0.3, 0.4) is 0 Å². The second-order valence-corrected chi connectivity index (χ2v) is 11.9. The third-order valence-corrected chi connectivity index (χ3v) is 8.54. The van der Waals surface area contributed by atoms with Crippen molar-refractivity contribution in [2.75, 3.05) is 61.1 Å². The van der Waals surface area contributed by atoms with E-state index in [4.69, 9.17) is 26.9 Å². The molecule has 0 amide bonds. The molecule has 2 N–H and O–H groups in total. The highest BCUT2D eigenvalue weighted by atomic mass is 32.1. The number of nitrogens with one attached hydrogen (secondary N) is 2. The van der Waals surface area contributed by atoms with Crippen LogP contribution in [0.1, 0.15) is 57.9 Å². The van der Waals surface area contributed by atoms with Gasteiger partial charge in [-0.1, -0.05) is 26.0 Å². The van der Waals surface area contributed by atoms with Gasteiger partial charge in [0, 0.05) is 57.4 Å². The van der Waals surface area contributed by atoms with Gasteiger partial charge in [0.15, 0.2) is 5.11 Å². The Morgan fingerprint density at radius 3 is 2.29 bits per heavy atom. The average molecular weight is 541 g/mol. The molecule has 0 saturated carbocycles. The van der Waals surface area contributed by atoms with Gasteiger partial charge in [-0.3, -0.25) is 0 Å². The summed E-state index contributed by atoms with van der Waals surface area (Å²) in [4.78, 5) is 14.6. The van der Waals surface area contributed by atoms with Crippen molar-refractivity contribution in [3.05, 3.63) is 41.7 Å². The van der Waals surface area contributed by atoms with E-state index < -0.39 is 0 Å². The molecule has 0 bridgehead atoms. The summed E-state index contributed by atoms with van der Waals surface area (Å²) < 4.78 is 19.3. The molecule has 38 heavy (non-hydrogen) atoms. The molecular weight excluding hydrogens is 499 g/mol. The van der Waals surface area contributed by atoms with Crippen molar-refractivity contribution in [3.8, 4) is 0 Å². The molecule has 0 aliphatic carbocycles. The molecule has 3 aliphatic heterocycles. The van der Waals surface area contributed by atoms with E-state index in [9.17, 15) is 4.39 Å². The van der Waals surface area contributed by atoms with E-state index in [1.165, 1.54) is 37.8 Å². The lowest BCUT2D eigenvalue weighted by atomic mass is 9.74. The Bertz CT molecular complexity index is 1080. The first kappa shape index (κ1) is 27.1. The molecule has 0 spiro atoms. The predicted octanol–water partition coefficient (Wildman–Crippen LogP) is 5.12. The van der Waals surface area contributed by atoms with E-state index in [-0.39, 0.29) is 11.2 Å². The maximum absolute atomic E-state index is 13.6. The summed E-state index contributed by atoms with van der Waals surface area (Å²) in [6.45, 7) is 10.7. The smallest absolute Gasteiger partial charge is 0.232 e. The first-order valence-electron chi connectivity index (χ1n) is 14.2. The number of nitrogens with zero attached hydrogens (tertiary/aromatic N) is 4. The first-order chi connectivity index (χ1) is 18.4. The lowest BCUT2D eigenvalue weighted by Crippen LogP contribution is -2.45. The van der Waals surface area contributed by atoms with Gasteiger partial charge in [0.1, 0.15) is 17.5 Å². The van der Waals surface area contributed by atoms with Gasteiger partial charge in [-0.15, -0.1) is 0 Å². The number of piperidine rings is 2. The average Bonchev–Trinajstić information content (AvgIpc) is 2.92. The fraction of sp³-hybridized carbons (Fsp3) is 0.621. The van der Waals surface area contributed by atoms with Gasteiger partial charge in [-0.2, -0.15) is 9.97 Å². The molecule has 9 heteroatoms. The number of aromatic nitrogens is 2. The minimum Gasteiger partial charge on any atom is -0.381 e. The van der Waals surface area contributed by atoms with Gasteiger partial charge < -0.3 is 25.2 Å². The largest absolute Gasteiger partial charge is 0.381 e. The molecule has 4 heterocycles. The number of rotatable bonds is 6. The van der Waals surface area contributed by atoms with E-state index in [0.29, 0.717) is 42.7 Å². The van der Waals surface area contributed by atoms with Gasteiger partial charge in [-0.25, -0.2) is 4.39 Å². The molecule has 1 aromatic heterocycles. The molecule has 1 aromatic carbocycles. The minimum atomic E-state index is -0.222. The van der Waals surface area contributed by atoms with Crippen molar-refractivity contribution in [3.63, 3.8) is 0 Å². The Labute approximate surface area is 231 Å². The van der Waals surface area contributed by atoms with Crippen LogP contribution in [0.15, 0.2) is 30.3 Å². The van der Waals surface area contributed by atoms with Gasteiger partial charge in [-0.05, 0) is 80.3 Å².